The summed E-state index contributed by atoms with van der Waals surface area (Å²) in [6.45, 7) is 0.479. The van der Waals surface area contributed by atoms with Crippen LogP contribution in [0.3, 0.4) is 0 Å². The zero-order valence-corrected chi connectivity index (χ0v) is 10.6. The largest absolute Gasteiger partial charge is 1.00 e. The molecular weight excluding hydrogens is 290 g/mol. The van der Waals surface area contributed by atoms with Gasteiger partial charge in [-0.15, -0.1) is 0 Å². The second kappa shape index (κ2) is 6.97. The lowest BCUT2D eigenvalue weighted by Gasteiger charge is -2.02. The van der Waals surface area contributed by atoms with Crippen LogP contribution in [0.25, 0.3) is 0 Å². The molecule has 1 rings (SSSR count). The predicted octanol–water partition coefficient (Wildman–Crippen LogP) is -4.12. The Labute approximate surface area is 109 Å². The fraction of sp³-hybridized carbons (Fsp3) is 0.300. The minimum atomic E-state index is -1.02. The molecule has 17 heavy (non-hydrogen) atoms. The van der Waals surface area contributed by atoms with Gasteiger partial charge in [0.25, 0.3) is 0 Å². The van der Waals surface area contributed by atoms with Crippen LogP contribution < -0.4 is 33.0 Å². The molecule has 1 aromatic rings. The van der Waals surface area contributed by atoms with Crippen molar-refractivity contribution < 1.29 is 36.2 Å². The Balaban J connectivity index is 0.00000256. The summed E-state index contributed by atoms with van der Waals surface area (Å²) in [4.78, 5) is 21.3. The van der Waals surface area contributed by atoms with Gasteiger partial charge in [-0.3, -0.25) is 9.59 Å². The summed E-state index contributed by atoms with van der Waals surface area (Å²) in [6.07, 6.45) is 3.65. The van der Waals surface area contributed by atoms with Crippen molar-refractivity contribution in [2.45, 2.75) is 19.0 Å². The van der Waals surface area contributed by atoms with E-state index < -0.39 is 17.9 Å². The van der Waals surface area contributed by atoms with Gasteiger partial charge in [0.15, 0.2) is 18.9 Å². The van der Waals surface area contributed by atoms with Crippen LogP contribution in [-0.2, 0) is 11.3 Å². The number of primary amides is 1. The van der Waals surface area contributed by atoms with Crippen LogP contribution in [0.2, 0.25) is 0 Å². The number of nitrogens with zero attached hydrogens (tertiary/aromatic N) is 1. The second-order valence-corrected chi connectivity index (χ2v) is 3.42. The number of aryl methyl sites for hydroxylation is 1. The quantitative estimate of drug-likeness (QED) is 0.480. The zero-order chi connectivity index (χ0) is 12.1. The SMILES string of the molecule is NC(=O)c1cc[n+](CC[C@H](N)C(=O)O)cc1.[Br-]. The molecule has 1 amide bonds. The molecular formula is C10H14BrN3O3. The average molecular weight is 304 g/mol. The average Bonchev–Trinajstić information content (AvgIpc) is 2.26. The van der Waals surface area contributed by atoms with Crippen molar-refractivity contribution in [3.05, 3.63) is 30.1 Å². The number of hydrogen-bond acceptors (Lipinski definition) is 3. The fourth-order valence-electron chi connectivity index (χ4n) is 1.18. The van der Waals surface area contributed by atoms with Crippen LogP contribution in [0.1, 0.15) is 16.8 Å². The molecule has 0 saturated heterocycles. The minimum absolute atomic E-state index is 0. The number of rotatable bonds is 5. The molecule has 0 fully saturated rings. The number of carboxylic acids is 1. The first-order valence-corrected chi connectivity index (χ1v) is 4.78. The fourth-order valence-corrected chi connectivity index (χ4v) is 1.18. The number of carbonyl (C=O) groups excluding carboxylic acids is 1. The lowest BCUT2D eigenvalue weighted by atomic mass is 10.2. The minimum Gasteiger partial charge on any atom is -1.00 e. The van der Waals surface area contributed by atoms with E-state index in [1.807, 2.05) is 0 Å². The van der Waals surface area contributed by atoms with E-state index in [9.17, 15) is 9.59 Å². The van der Waals surface area contributed by atoms with Gasteiger partial charge >= 0.3 is 5.97 Å². The maximum Gasteiger partial charge on any atom is 0.320 e. The van der Waals surface area contributed by atoms with Gasteiger partial charge in [-0.1, -0.05) is 0 Å². The number of carboxylic acid groups (broad SMARTS) is 1. The van der Waals surface area contributed by atoms with Crippen molar-refractivity contribution in [2.24, 2.45) is 11.5 Å². The third-order valence-corrected chi connectivity index (χ3v) is 2.19. The standard InChI is InChI=1S/C10H13N3O3.BrH/c11-8(10(15)16)3-6-13-4-1-7(2-5-13)9(12)14;/h1-2,4-5,8H,3,6,11H2,(H2-,12,14,15,16);1H/t8-;/m0./s1. The number of aliphatic carboxylic acids is 1. The van der Waals surface area contributed by atoms with Gasteiger partial charge in [0.2, 0.25) is 5.91 Å². The number of nitrogens with two attached hydrogens (primary N) is 2. The Morgan fingerprint density at radius 1 is 1.35 bits per heavy atom. The number of amides is 1. The number of hydrogen-bond donors (Lipinski definition) is 3. The van der Waals surface area contributed by atoms with Gasteiger partial charge in [-0.05, 0) is 0 Å². The second-order valence-electron chi connectivity index (χ2n) is 3.42. The predicted molar refractivity (Wildman–Crippen MR) is 55.4 cm³/mol. The van der Waals surface area contributed by atoms with E-state index in [1.165, 1.54) is 0 Å². The van der Waals surface area contributed by atoms with E-state index in [1.54, 1.807) is 29.1 Å². The van der Waals surface area contributed by atoms with Crippen molar-refractivity contribution >= 4 is 11.9 Å². The first-order chi connectivity index (χ1) is 7.50. The summed E-state index contributed by atoms with van der Waals surface area (Å²) < 4.78 is 1.75. The smallest absolute Gasteiger partial charge is 0.320 e. The monoisotopic (exact) mass is 303 g/mol. The van der Waals surface area contributed by atoms with Crippen molar-refractivity contribution in [3.63, 3.8) is 0 Å². The van der Waals surface area contributed by atoms with Gasteiger partial charge in [0, 0.05) is 18.6 Å². The summed E-state index contributed by atoms with van der Waals surface area (Å²) in [6, 6.07) is 2.28. The molecule has 5 N–H and O–H groups in total. The molecule has 0 saturated carbocycles. The molecule has 1 atom stereocenters. The number of carbonyl (C=O) groups is 2. The zero-order valence-electron chi connectivity index (χ0n) is 9.04. The molecule has 7 heteroatoms. The van der Waals surface area contributed by atoms with Crippen LogP contribution in [0, 0.1) is 0 Å². The van der Waals surface area contributed by atoms with E-state index in [0.717, 1.165) is 0 Å². The van der Waals surface area contributed by atoms with E-state index >= 15 is 0 Å². The molecule has 0 aliphatic heterocycles. The molecule has 0 aliphatic carbocycles. The number of pyridine rings is 1. The normalized spacial score (nSPS) is 11.4. The lowest BCUT2D eigenvalue weighted by Crippen LogP contribution is -3.00. The summed E-state index contributed by atoms with van der Waals surface area (Å²) >= 11 is 0. The molecule has 0 bridgehead atoms. The maximum absolute atomic E-state index is 10.8. The lowest BCUT2D eigenvalue weighted by molar-refractivity contribution is -0.697. The molecule has 0 aromatic carbocycles. The van der Waals surface area contributed by atoms with Crippen LogP contribution in [0.15, 0.2) is 24.5 Å². The van der Waals surface area contributed by atoms with Crippen LogP contribution in [0.5, 0.6) is 0 Å². The maximum atomic E-state index is 10.8. The number of halogens is 1. The Kier molecular flexibility index (Phi) is 6.37. The summed E-state index contributed by atoms with van der Waals surface area (Å²) in [5, 5.41) is 8.58. The molecule has 94 valence electrons. The van der Waals surface area contributed by atoms with Crippen molar-refractivity contribution in [1.82, 2.24) is 0 Å². The molecule has 0 aliphatic rings. The van der Waals surface area contributed by atoms with E-state index in [-0.39, 0.29) is 17.0 Å². The van der Waals surface area contributed by atoms with E-state index in [2.05, 4.69) is 0 Å². The van der Waals surface area contributed by atoms with Gasteiger partial charge in [-0.25, -0.2) is 4.57 Å². The summed E-state index contributed by atoms with van der Waals surface area (Å²) in [7, 11) is 0. The van der Waals surface area contributed by atoms with Crippen LogP contribution in [-0.4, -0.2) is 23.0 Å². The third kappa shape index (κ3) is 4.92. The van der Waals surface area contributed by atoms with Crippen LogP contribution in [0.4, 0.5) is 0 Å². The Hall–Kier alpha value is -1.47. The van der Waals surface area contributed by atoms with Gasteiger partial charge < -0.3 is 33.6 Å². The van der Waals surface area contributed by atoms with Crippen molar-refractivity contribution in [1.29, 1.82) is 0 Å². The van der Waals surface area contributed by atoms with Crippen LogP contribution >= 0.6 is 0 Å². The Morgan fingerprint density at radius 2 is 1.88 bits per heavy atom. The Morgan fingerprint density at radius 3 is 2.29 bits per heavy atom. The molecule has 0 unspecified atom stereocenters. The molecule has 6 nitrogen and oxygen atoms in total. The first-order valence-electron chi connectivity index (χ1n) is 4.78. The number of aromatic nitrogens is 1. The molecule has 0 spiro atoms. The van der Waals surface area contributed by atoms with E-state index in [0.29, 0.717) is 18.5 Å². The highest BCUT2D eigenvalue weighted by molar-refractivity contribution is 5.92. The molecule has 0 radical (unpaired) electrons. The third-order valence-electron chi connectivity index (χ3n) is 2.19. The molecule has 1 heterocycles. The summed E-state index contributed by atoms with van der Waals surface area (Å²) in [5.74, 6) is -1.51. The van der Waals surface area contributed by atoms with Crippen molar-refractivity contribution in [3.8, 4) is 0 Å². The van der Waals surface area contributed by atoms with Crippen molar-refractivity contribution in [2.75, 3.05) is 0 Å². The highest BCUT2D eigenvalue weighted by atomic mass is 79.9. The van der Waals surface area contributed by atoms with Gasteiger partial charge in [0.05, 0.1) is 5.56 Å². The first kappa shape index (κ1) is 15.5. The Bertz CT molecular complexity index is 394. The highest BCUT2D eigenvalue weighted by Gasteiger charge is 2.13. The highest BCUT2D eigenvalue weighted by Crippen LogP contribution is 1.94. The summed E-state index contributed by atoms with van der Waals surface area (Å²) in [5.41, 5.74) is 10.9. The van der Waals surface area contributed by atoms with E-state index in [4.69, 9.17) is 16.6 Å². The van der Waals surface area contributed by atoms with Gasteiger partial charge in [-0.2, -0.15) is 0 Å². The topological polar surface area (TPSA) is 110 Å². The van der Waals surface area contributed by atoms with Gasteiger partial charge in [0.1, 0.15) is 6.04 Å². The molecule has 1 aromatic heterocycles.